The van der Waals surface area contributed by atoms with Gasteiger partial charge in [0.1, 0.15) is 11.2 Å². The van der Waals surface area contributed by atoms with E-state index >= 15 is 0 Å². The van der Waals surface area contributed by atoms with Gasteiger partial charge in [0.2, 0.25) is 0 Å². The third-order valence-electron chi connectivity index (χ3n) is 4.17. The highest BCUT2D eigenvalue weighted by molar-refractivity contribution is 5.95. The maximum atomic E-state index is 12.6. The molecule has 1 amide bonds. The minimum absolute atomic E-state index is 0.101. The highest BCUT2D eigenvalue weighted by Crippen LogP contribution is 2.32. The fourth-order valence-electron chi connectivity index (χ4n) is 2.81. The summed E-state index contributed by atoms with van der Waals surface area (Å²) < 4.78 is 10.3. The van der Waals surface area contributed by atoms with Crippen molar-refractivity contribution >= 4 is 11.9 Å². The lowest BCUT2D eigenvalue weighted by atomic mass is 9.88. The summed E-state index contributed by atoms with van der Waals surface area (Å²) in [6.07, 6.45) is 0.394. The summed E-state index contributed by atoms with van der Waals surface area (Å²) in [6, 6.07) is 5.24. The Kier molecular flexibility index (Phi) is 4.71. The molecule has 120 valence electrons. The molecule has 22 heavy (non-hydrogen) atoms. The third-order valence-corrected chi connectivity index (χ3v) is 4.17. The first-order valence-electron chi connectivity index (χ1n) is 7.10. The second-order valence-electron chi connectivity index (χ2n) is 5.68. The lowest BCUT2D eigenvalue weighted by molar-refractivity contribution is -0.151. The Morgan fingerprint density at radius 2 is 2.09 bits per heavy atom. The molecule has 0 saturated carbocycles. The molecule has 1 unspecified atom stereocenters. The van der Waals surface area contributed by atoms with Crippen molar-refractivity contribution in [2.24, 2.45) is 5.41 Å². The number of benzene rings is 1. The molecule has 1 aromatic carbocycles. The van der Waals surface area contributed by atoms with Crippen molar-refractivity contribution in [3.05, 3.63) is 29.3 Å². The first-order valence-corrected chi connectivity index (χ1v) is 7.10. The second-order valence-corrected chi connectivity index (χ2v) is 5.68. The molecule has 6 nitrogen and oxygen atoms in total. The van der Waals surface area contributed by atoms with Crippen LogP contribution in [0.25, 0.3) is 0 Å². The summed E-state index contributed by atoms with van der Waals surface area (Å²) in [6.45, 7) is 2.57. The topological polar surface area (TPSA) is 76.1 Å². The highest BCUT2D eigenvalue weighted by atomic mass is 16.5. The Bertz CT molecular complexity index is 586. The van der Waals surface area contributed by atoms with Gasteiger partial charge in [-0.2, -0.15) is 0 Å². The van der Waals surface area contributed by atoms with Crippen molar-refractivity contribution in [1.29, 1.82) is 0 Å². The number of carbonyl (C=O) groups excluding carboxylic acids is 1. The van der Waals surface area contributed by atoms with Gasteiger partial charge in [0.15, 0.2) is 0 Å². The van der Waals surface area contributed by atoms with Gasteiger partial charge >= 0.3 is 5.97 Å². The van der Waals surface area contributed by atoms with Gasteiger partial charge in [0, 0.05) is 25.8 Å². The molecule has 0 aliphatic carbocycles. The molecule has 0 radical (unpaired) electrons. The van der Waals surface area contributed by atoms with Crippen LogP contribution in [0.3, 0.4) is 0 Å². The summed E-state index contributed by atoms with van der Waals surface area (Å²) >= 11 is 0. The largest absolute Gasteiger partial charge is 0.496 e. The van der Waals surface area contributed by atoms with Crippen molar-refractivity contribution in [1.82, 2.24) is 4.90 Å². The van der Waals surface area contributed by atoms with E-state index in [0.717, 1.165) is 5.56 Å². The molecule has 6 heteroatoms. The molecule has 1 N–H and O–H groups in total. The fraction of sp³-hybridized carbons (Fsp3) is 0.500. The highest BCUT2D eigenvalue weighted by Gasteiger charge is 2.46. The van der Waals surface area contributed by atoms with E-state index in [9.17, 15) is 14.7 Å². The van der Waals surface area contributed by atoms with Crippen LogP contribution >= 0.6 is 0 Å². The fourth-order valence-corrected chi connectivity index (χ4v) is 2.81. The number of amides is 1. The van der Waals surface area contributed by atoms with Crippen LogP contribution in [0, 0.1) is 12.3 Å². The number of carboxylic acids is 1. The third kappa shape index (κ3) is 2.92. The van der Waals surface area contributed by atoms with E-state index in [4.69, 9.17) is 9.47 Å². The average molecular weight is 307 g/mol. The molecule has 1 saturated heterocycles. The van der Waals surface area contributed by atoms with Crippen LogP contribution in [0.2, 0.25) is 0 Å². The Morgan fingerprint density at radius 3 is 2.68 bits per heavy atom. The van der Waals surface area contributed by atoms with Gasteiger partial charge in [-0.1, -0.05) is 6.07 Å². The number of hydrogen-bond acceptors (Lipinski definition) is 4. The number of ether oxygens (including phenoxy) is 2. The Morgan fingerprint density at radius 1 is 1.36 bits per heavy atom. The van der Waals surface area contributed by atoms with Crippen LogP contribution in [-0.4, -0.2) is 55.8 Å². The molecule has 1 aromatic rings. The van der Waals surface area contributed by atoms with Gasteiger partial charge in [0.05, 0.1) is 13.7 Å². The molecule has 1 atom stereocenters. The first kappa shape index (κ1) is 16.3. The smallest absolute Gasteiger partial charge is 0.313 e. The van der Waals surface area contributed by atoms with Gasteiger partial charge in [-0.3, -0.25) is 9.59 Å². The molecule has 1 fully saturated rings. The predicted octanol–water partition coefficient (Wildman–Crippen LogP) is 1.57. The average Bonchev–Trinajstić information content (AvgIpc) is 2.93. The molecule has 0 spiro atoms. The first-order chi connectivity index (χ1) is 10.4. The van der Waals surface area contributed by atoms with Crippen LogP contribution in [-0.2, 0) is 9.53 Å². The summed E-state index contributed by atoms with van der Waals surface area (Å²) in [5, 5.41) is 9.45. The number of hydrogen-bond donors (Lipinski definition) is 1. The van der Waals surface area contributed by atoms with Crippen LogP contribution in [0.4, 0.5) is 0 Å². The van der Waals surface area contributed by atoms with E-state index in [1.165, 1.54) is 7.11 Å². The zero-order valence-electron chi connectivity index (χ0n) is 13.1. The Balaban J connectivity index is 2.19. The van der Waals surface area contributed by atoms with E-state index in [1.807, 2.05) is 13.0 Å². The summed E-state index contributed by atoms with van der Waals surface area (Å²) in [4.78, 5) is 25.7. The molecule has 2 rings (SSSR count). The number of carbonyl (C=O) groups is 2. The summed E-state index contributed by atoms with van der Waals surface area (Å²) in [7, 11) is 3.03. The second kappa shape index (κ2) is 6.36. The minimum atomic E-state index is -1.01. The molecule has 0 bridgehead atoms. The van der Waals surface area contributed by atoms with Gasteiger partial charge in [-0.15, -0.1) is 0 Å². The molecular formula is C16H21NO5. The van der Waals surface area contributed by atoms with E-state index < -0.39 is 11.4 Å². The predicted molar refractivity (Wildman–Crippen MR) is 80.2 cm³/mol. The van der Waals surface area contributed by atoms with Gasteiger partial charge < -0.3 is 19.5 Å². The van der Waals surface area contributed by atoms with E-state index in [1.54, 1.807) is 24.1 Å². The number of nitrogens with zero attached hydrogens (tertiary/aromatic N) is 1. The summed E-state index contributed by atoms with van der Waals surface area (Å²) in [5.41, 5.74) is 0.430. The lowest BCUT2D eigenvalue weighted by Gasteiger charge is -2.24. The minimum Gasteiger partial charge on any atom is -0.496 e. The van der Waals surface area contributed by atoms with Crippen LogP contribution in [0.1, 0.15) is 22.3 Å². The standard InChI is InChI=1S/C16H21NO5/c1-11-4-5-12(8-13(11)22-3)14(18)17-7-6-16(9-17,10-21-2)15(19)20/h4-5,8H,6-7,9-10H2,1-3H3,(H,19,20). The number of aliphatic carboxylic acids is 1. The number of carboxylic acid groups (broad SMARTS) is 1. The van der Waals surface area contributed by atoms with Crippen molar-refractivity contribution in [3.63, 3.8) is 0 Å². The summed E-state index contributed by atoms with van der Waals surface area (Å²) in [5.74, 6) is -0.463. The molecule has 0 aromatic heterocycles. The number of methoxy groups -OCH3 is 2. The maximum Gasteiger partial charge on any atom is 0.313 e. The van der Waals surface area contributed by atoms with Crippen molar-refractivity contribution in [3.8, 4) is 5.75 Å². The van der Waals surface area contributed by atoms with E-state index in [2.05, 4.69) is 0 Å². The van der Waals surface area contributed by atoms with Crippen LogP contribution in [0.5, 0.6) is 5.75 Å². The number of aryl methyl sites for hydroxylation is 1. The normalized spacial score (nSPS) is 21.0. The maximum absolute atomic E-state index is 12.6. The lowest BCUT2D eigenvalue weighted by Crippen LogP contribution is -2.40. The number of rotatable bonds is 5. The van der Waals surface area contributed by atoms with Crippen LogP contribution < -0.4 is 4.74 Å². The van der Waals surface area contributed by atoms with Gasteiger partial charge in [-0.25, -0.2) is 0 Å². The zero-order valence-corrected chi connectivity index (χ0v) is 13.1. The number of likely N-dealkylation sites (tertiary alicyclic amines) is 1. The van der Waals surface area contributed by atoms with E-state index in [0.29, 0.717) is 24.3 Å². The molecule has 1 aliphatic rings. The van der Waals surface area contributed by atoms with Crippen molar-refractivity contribution < 1.29 is 24.2 Å². The molecule has 1 aliphatic heterocycles. The van der Waals surface area contributed by atoms with Gasteiger partial charge in [-0.05, 0) is 31.0 Å². The zero-order chi connectivity index (χ0) is 16.3. The Labute approximate surface area is 129 Å². The molecular weight excluding hydrogens is 286 g/mol. The van der Waals surface area contributed by atoms with Gasteiger partial charge in [0.25, 0.3) is 5.91 Å². The SMILES string of the molecule is COCC1(C(=O)O)CCN(C(=O)c2ccc(C)c(OC)c2)C1. The quantitative estimate of drug-likeness (QED) is 0.893. The monoisotopic (exact) mass is 307 g/mol. The van der Waals surface area contributed by atoms with Crippen molar-refractivity contribution in [2.75, 3.05) is 33.9 Å². The van der Waals surface area contributed by atoms with E-state index in [-0.39, 0.29) is 19.1 Å². The molecule has 1 heterocycles. The Hall–Kier alpha value is -2.08. The van der Waals surface area contributed by atoms with Crippen LogP contribution in [0.15, 0.2) is 18.2 Å². The van der Waals surface area contributed by atoms with Crippen molar-refractivity contribution in [2.45, 2.75) is 13.3 Å².